The van der Waals surface area contributed by atoms with Crippen molar-refractivity contribution in [3.05, 3.63) is 0 Å². The Balaban J connectivity index is 2.43. The molecule has 3 N–H and O–H groups in total. The molecule has 8 heteroatoms. The Bertz CT molecular complexity index is 375. The van der Waals surface area contributed by atoms with Crippen molar-refractivity contribution >= 4 is 15.9 Å². The molecule has 0 atom stereocenters. The summed E-state index contributed by atoms with van der Waals surface area (Å²) >= 11 is 0. The van der Waals surface area contributed by atoms with Gasteiger partial charge < -0.3 is 10.9 Å². The highest BCUT2D eigenvalue weighted by Gasteiger charge is 2.26. The van der Waals surface area contributed by atoms with Crippen LogP contribution in [-0.4, -0.2) is 67.1 Å². The largest absolute Gasteiger partial charge is 0.409 e. The highest BCUT2D eigenvalue weighted by atomic mass is 32.2. The minimum atomic E-state index is -3.11. The van der Waals surface area contributed by atoms with Gasteiger partial charge in [-0.3, -0.25) is 4.90 Å². The Morgan fingerprint density at radius 3 is 2.44 bits per heavy atom. The van der Waals surface area contributed by atoms with Gasteiger partial charge in [-0.25, -0.2) is 8.42 Å². The number of hydrogen-bond acceptors (Lipinski definition) is 5. The van der Waals surface area contributed by atoms with E-state index >= 15 is 0 Å². The molecule has 1 heterocycles. The van der Waals surface area contributed by atoms with E-state index in [0.717, 1.165) is 6.42 Å². The van der Waals surface area contributed by atoms with E-state index in [1.54, 1.807) is 0 Å². The van der Waals surface area contributed by atoms with Gasteiger partial charge in [-0.1, -0.05) is 18.5 Å². The summed E-state index contributed by atoms with van der Waals surface area (Å²) in [5.41, 5.74) is 5.42. The second kappa shape index (κ2) is 6.91. The van der Waals surface area contributed by atoms with Crippen molar-refractivity contribution in [3.8, 4) is 0 Å². The van der Waals surface area contributed by atoms with Crippen LogP contribution in [-0.2, 0) is 10.0 Å². The van der Waals surface area contributed by atoms with Gasteiger partial charge in [-0.05, 0) is 6.42 Å². The monoisotopic (exact) mass is 278 g/mol. The first-order valence-electron chi connectivity index (χ1n) is 6.16. The molecule has 0 radical (unpaired) electrons. The fourth-order valence-electron chi connectivity index (χ4n) is 1.88. The molecule has 0 aromatic heterocycles. The van der Waals surface area contributed by atoms with Gasteiger partial charge in [-0.2, -0.15) is 4.31 Å². The summed E-state index contributed by atoms with van der Waals surface area (Å²) in [6.07, 6.45) is 1.58. The van der Waals surface area contributed by atoms with E-state index < -0.39 is 10.0 Å². The second-order valence-electron chi connectivity index (χ2n) is 4.44. The summed E-state index contributed by atoms with van der Waals surface area (Å²) in [5.74, 6) is 0.376. The van der Waals surface area contributed by atoms with Crippen molar-refractivity contribution in [2.75, 3.05) is 38.5 Å². The average Bonchev–Trinajstić information content (AvgIpc) is 2.37. The van der Waals surface area contributed by atoms with Gasteiger partial charge in [0.05, 0.1) is 12.3 Å². The van der Waals surface area contributed by atoms with Crippen LogP contribution >= 0.6 is 0 Å². The van der Waals surface area contributed by atoms with E-state index in [2.05, 4.69) is 5.16 Å². The predicted molar refractivity (Wildman–Crippen MR) is 70.1 cm³/mol. The minimum absolute atomic E-state index is 0.150. The quantitative estimate of drug-likeness (QED) is 0.295. The molecule has 0 amide bonds. The zero-order valence-corrected chi connectivity index (χ0v) is 11.6. The van der Waals surface area contributed by atoms with Crippen LogP contribution < -0.4 is 5.73 Å². The van der Waals surface area contributed by atoms with Crippen LogP contribution in [0.25, 0.3) is 0 Å². The van der Waals surface area contributed by atoms with Crippen molar-refractivity contribution in [1.29, 1.82) is 0 Å². The number of sulfonamides is 1. The minimum Gasteiger partial charge on any atom is -0.409 e. The third-order valence-electron chi connectivity index (χ3n) is 2.99. The summed E-state index contributed by atoms with van der Waals surface area (Å²) in [5, 5.41) is 11.4. The van der Waals surface area contributed by atoms with Gasteiger partial charge in [-0.15, -0.1) is 0 Å². The number of unbranched alkanes of at least 4 members (excludes halogenated alkanes) is 1. The van der Waals surface area contributed by atoms with E-state index in [1.165, 1.54) is 4.31 Å². The standard InChI is InChI=1S/C10H22N4O3S/c1-2-3-8-18(16,17)14-6-4-13(5-7-14)9-10(11)12-15/h15H,2-9H2,1H3,(H2,11,12). The Hall–Kier alpha value is -0.860. The number of nitrogens with zero attached hydrogens (tertiary/aromatic N) is 3. The van der Waals surface area contributed by atoms with Gasteiger partial charge in [0.2, 0.25) is 10.0 Å². The van der Waals surface area contributed by atoms with Crippen LogP contribution in [0, 0.1) is 0 Å². The van der Waals surface area contributed by atoms with Crippen LogP contribution in [0.1, 0.15) is 19.8 Å². The summed E-state index contributed by atoms with van der Waals surface area (Å²) in [4.78, 5) is 1.97. The summed E-state index contributed by atoms with van der Waals surface area (Å²) in [7, 11) is -3.11. The third-order valence-corrected chi connectivity index (χ3v) is 4.95. The Morgan fingerprint density at radius 2 is 1.94 bits per heavy atom. The van der Waals surface area contributed by atoms with Crippen molar-refractivity contribution in [1.82, 2.24) is 9.21 Å². The molecule has 1 rings (SSSR count). The highest BCUT2D eigenvalue weighted by Crippen LogP contribution is 2.09. The third kappa shape index (κ3) is 4.43. The van der Waals surface area contributed by atoms with Gasteiger partial charge in [0.15, 0.2) is 5.84 Å². The molecule has 0 aliphatic carbocycles. The first-order chi connectivity index (χ1) is 8.49. The summed E-state index contributed by atoms with van der Waals surface area (Å²) in [6.45, 7) is 4.53. The van der Waals surface area contributed by atoms with Crippen LogP contribution in [0.3, 0.4) is 0 Å². The molecule has 0 aromatic rings. The van der Waals surface area contributed by atoms with Crippen molar-refractivity contribution in [3.63, 3.8) is 0 Å². The van der Waals surface area contributed by atoms with Crippen molar-refractivity contribution in [2.45, 2.75) is 19.8 Å². The SMILES string of the molecule is CCCCS(=O)(=O)N1CCN(CC(N)=NO)CC1. The molecule has 1 saturated heterocycles. The van der Waals surface area contributed by atoms with E-state index in [4.69, 9.17) is 10.9 Å². The molecule has 7 nitrogen and oxygen atoms in total. The average molecular weight is 278 g/mol. The second-order valence-corrected chi connectivity index (χ2v) is 6.52. The Morgan fingerprint density at radius 1 is 1.33 bits per heavy atom. The molecule has 0 bridgehead atoms. The smallest absolute Gasteiger partial charge is 0.214 e. The van der Waals surface area contributed by atoms with E-state index in [1.807, 2.05) is 11.8 Å². The lowest BCUT2D eigenvalue weighted by atomic mass is 10.3. The Labute approximate surface area is 108 Å². The normalized spacial score (nSPS) is 20.2. The maximum Gasteiger partial charge on any atom is 0.214 e. The van der Waals surface area contributed by atoms with Gasteiger partial charge in [0.25, 0.3) is 0 Å². The molecule has 1 fully saturated rings. The van der Waals surface area contributed by atoms with Crippen LogP contribution in [0.4, 0.5) is 0 Å². The number of amidine groups is 1. The molecular formula is C10H22N4O3S. The van der Waals surface area contributed by atoms with Gasteiger partial charge >= 0.3 is 0 Å². The lowest BCUT2D eigenvalue weighted by molar-refractivity contribution is 0.206. The lowest BCUT2D eigenvalue weighted by Gasteiger charge is -2.33. The molecule has 1 aliphatic heterocycles. The molecule has 18 heavy (non-hydrogen) atoms. The fourth-order valence-corrected chi connectivity index (χ4v) is 3.51. The molecule has 0 unspecified atom stereocenters. The zero-order chi connectivity index (χ0) is 13.6. The number of hydrogen-bond donors (Lipinski definition) is 2. The Kier molecular flexibility index (Phi) is 5.83. The van der Waals surface area contributed by atoms with Crippen molar-refractivity contribution in [2.24, 2.45) is 10.9 Å². The molecule has 1 aliphatic rings. The van der Waals surface area contributed by atoms with E-state index in [-0.39, 0.29) is 11.6 Å². The molecule has 0 saturated carbocycles. The maximum absolute atomic E-state index is 11.9. The molecule has 0 aromatic carbocycles. The fraction of sp³-hybridized carbons (Fsp3) is 0.900. The van der Waals surface area contributed by atoms with Gasteiger partial charge in [0.1, 0.15) is 0 Å². The van der Waals surface area contributed by atoms with E-state index in [9.17, 15) is 8.42 Å². The van der Waals surface area contributed by atoms with Crippen LogP contribution in [0.15, 0.2) is 5.16 Å². The number of rotatable bonds is 6. The van der Waals surface area contributed by atoms with Crippen molar-refractivity contribution < 1.29 is 13.6 Å². The molecule has 0 spiro atoms. The topological polar surface area (TPSA) is 99.2 Å². The first-order valence-corrected chi connectivity index (χ1v) is 7.77. The summed E-state index contributed by atoms with van der Waals surface area (Å²) < 4.78 is 25.4. The summed E-state index contributed by atoms with van der Waals surface area (Å²) in [6, 6.07) is 0. The van der Waals surface area contributed by atoms with E-state index in [0.29, 0.717) is 39.1 Å². The lowest BCUT2D eigenvalue weighted by Crippen LogP contribution is -2.51. The van der Waals surface area contributed by atoms with Crippen LogP contribution in [0.5, 0.6) is 0 Å². The number of nitrogens with two attached hydrogens (primary N) is 1. The highest BCUT2D eigenvalue weighted by molar-refractivity contribution is 7.89. The number of oxime groups is 1. The van der Waals surface area contributed by atoms with Gasteiger partial charge in [0, 0.05) is 26.2 Å². The zero-order valence-electron chi connectivity index (χ0n) is 10.7. The predicted octanol–water partition coefficient (Wildman–Crippen LogP) is -0.520. The molecule has 106 valence electrons. The maximum atomic E-state index is 11.9. The van der Waals surface area contributed by atoms with Crippen LogP contribution in [0.2, 0.25) is 0 Å². The molecular weight excluding hydrogens is 256 g/mol. The first kappa shape index (κ1) is 15.2. The number of piperazine rings is 1.